The Morgan fingerprint density at radius 1 is 1.27 bits per heavy atom. The van der Waals surface area contributed by atoms with Crippen LogP contribution in [0.5, 0.6) is 5.75 Å². The number of amidine groups is 1. The van der Waals surface area contributed by atoms with Gasteiger partial charge < -0.3 is 25.4 Å². The first-order chi connectivity index (χ1) is 14.2. The predicted molar refractivity (Wildman–Crippen MR) is 113 cm³/mol. The second-order valence-electron chi connectivity index (χ2n) is 7.78. The monoisotopic (exact) mass is 418 g/mol. The van der Waals surface area contributed by atoms with Crippen molar-refractivity contribution in [1.29, 1.82) is 5.41 Å². The van der Waals surface area contributed by atoms with E-state index in [0.717, 1.165) is 6.42 Å². The van der Waals surface area contributed by atoms with Crippen LogP contribution in [0.1, 0.15) is 49.9 Å². The molecule has 9 heteroatoms. The molecule has 1 aromatic carbocycles. The van der Waals surface area contributed by atoms with E-state index in [1.807, 2.05) is 13.8 Å². The van der Waals surface area contributed by atoms with Gasteiger partial charge in [0, 0.05) is 19.5 Å². The minimum absolute atomic E-state index is 0.0367. The first-order valence-electron chi connectivity index (χ1n) is 10.1. The molecule has 0 atom stereocenters. The lowest BCUT2D eigenvalue weighted by Gasteiger charge is -2.24. The van der Waals surface area contributed by atoms with Crippen LogP contribution in [-0.2, 0) is 9.59 Å². The summed E-state index contributed by atoms with van der Waals surface area (Å²) < 4.78 is 5.74. The number of anilines is 1. The van der Waals surface area contributed by atoms with Crippen molar-refractivity contribution in [2.24, 2.45) is 11.7 Å². The van der Waals surface area contributed by atoms with Gasteiger partial charge in [-0.15, -0.1) is 0 Å². The van der Waals surface area contributed by atoms with E-state index in [0.29, 0.717) is 43.0 Å². The molecule has 30 heavy (non-hydrogen) atoms. The van der Waals surface area contributed by atoms with Crippen molar-refractivity contribution >= 4 is 29.3 Å². The summed E-state index contributed by atoms with van der Waals surface area (Å²) >= 11 is 0. The number of carboxylic acid groups (broad SMARTS) is 1. The number of carbonyl (C=O) groups is 3. The topological polar surface area (TPSA) is 137 Å². The van der Waals surface area contributed by atoms with Crippen LogP contribution in [0.4, 0.5) is 5.69 Å². The van der Waals surface area contributed by atoms with Crippen molar-refractivity contribution in [3.05, 3.63) is 23.8 Å². The number of benzene rings is 1. The summed E-state index contributed by atoms with van der Waals surface area (Å²) in [5.74, 6) is -0.808. The van der Waals surface area contributed by atoms with Crippen LogP contribution in [0.15, 0.2) is 18.2 Å². The molecule has 0 aliphatic carbocycles. The van der Waals surface area contributed by atoms with Gasteiger partial charge in [-0.05, 0) is 37.0 Å². The lowest BCUT2D eigenvalue weighted by Crippen LogP contribution is -2.41. The normalized spacial score (nSPS) is 14.0. The van der Waals surface area contributed by atoms with Gasteiger partial charge in [0.2, 0.25) is 5.91 Å². The van der Waals surface area contributed by atoms with Crippen LogP contribution in [0.2, 0.25) is 0 Å². The Morgan fingerprint density at radius 3 is 2.63 bits per heavy atom. The van der Waals surface area contributed by atoms with E-state index < -0.39 is 5.97 Å². The number of nitrogens with two attached hydrogens (primary N) is 1. The summed E-state index contributed by atoms with van der Waals surface area (Å²) in [5, 5.41) is 16.2. The molecule has 0 radical (unpaired) electrons. The highest BCUT2D eigenvalue weighted by molar-refractivity contribution is 6.10. The molecule has 0 fully saturated rings. The van der Waals surface area contributed by atoms with Crippen LogP contribution < -0.4 is 15.4 Å². The third kappa shape index (κ3) is 6.47. The SMILES string of the molecule is CC(C)CN1C(=O)CN(CCC(=O)O)C(=O)c2cc(OCCCCC(=N)N)ccc21. The maximum Gasteiger partial charge on any atom is 0.305 e. The maximum absolute atomic E-state index is 13.1. The Kier molecular flexibility index (Phi) is 8.20. The molecule has 0 saturated carbocycles. The first kappa shape index (κ1) is 23.2. The van der Waals surface area contributed by atoms with E-state index >= 15 is 0 Å². The highest BCUT2D eigenvalue weighted by Gasteiger charge is 2.32. The Morgan fingerprint density at radius 2 is 2.00 bits per heavy atom. The van der Waals surface area contributed by atoms with E-state index in [-0.39, 0.29) is 43.1 Å². The number of ether oxygens (including phenoxy) is 1. The third-order valence-electron chi connectivity index (χ3n) is 4.66. The summed E-state index contributed by atoms with van der Waals surface area (Å²) in [4.78, 5) is 39.8. The molecule has 0 unspecified atom stereocenters. The zero-order valence-corrected chi connectivity index (χ0v) is 17.5. The average Bonchev–Trinajstić information content (AvgIpc) is 2.76. The molecule has 0 bridgehead atoms. The van der Waals surface area contributed by atoms with Gasteiger partial charge in [0.15, 0.2) is 0 Å². The third-order valence-corrected chi connectivity index (χ3v) is 4.66. The van der Waals surface area contributed by atoms with Gasteiger partial charge in [0.1, 0.15) is 12.3 Å². The summed E-state index contributed by atoms with van der Waals surface area (Å²) in [5.41, 5.74) is 6.18. The van der Waals surface area contributed by atoms with Crippen molar-refractivity contribution in [3.8, 4) is 5.75 Å². The molecule has 1 heterocycles. The molecule has 1 aliphatic rings. The second kappa shape index (κ2) is 10.6. The van der Waals surface area contributed by atoms with Gasteiger partial charge in [-0.25, -0.2) is 0 Å². The fourth-order valence-electron chi connectivity index (χ4n) is 3.22. The molecule has 9 nitrogen and oxygen atoms in total. The van der Waals surface area contributed by atoms with Crippen LogP contribution >= 0.6 is 0 Å². The van der Waals surface area contributed by atoms with Gasteiger partial charge in [-0.1, -0.05) is 13.8 Å². The number of carboxylic acids is 1. The van der Waals surface area contributed by atoms with Gasteiger partial charge in [0.25, 0.3) is 5.91 Å². The molecule has 1 aromatic rings. The fourth-order valence-corrected chi connectivity index (χ4v) is 3.22. The number of rotatable bonds is 11. The van der Waals surface area contributed by atoms with Crippen molar-refractivity contribution in [2.45, 2.75) is 39.5 Å². The second-order valence-corrected chi connectivity index (χ2v) is 7.78. The summed E-state index contributed by atoms with van der Waals surface area (Å²) in [6, 6.07) is 5.05. The molecule has 2 rings (SSSR count). The van der Waals surface area contributed by atoms with Crippen molar-refractivity contribution in [2.75, 3.05) is 31.1 Å². The van der Waals surface area contributed by atoms with Crippen LogP contribution in [0.25, 0.3) is 0 Å². The zero-order valence-electron chi connectivity index (χ0n) is 17.5. The van der Waals surface area contributed by atoms with Crippen molar-refractivity contribution in [1.82, 2.24) is 4.90 Å². The number of aliphatic carboxylic acids is 1. The Bertz CT molecular complexity index is 809. The Labute approximate surface area is 176 Å². The molecule has 164 valence electrons. The first-order valence-corrected chi connectivity index (χ1v) is 10.1. The van der Waals surface area contributed by atoms with Gasteiger partial charge >= 0.3 is 5.97 Å². The number of nitrogens with one attached hydrogen (secondary N) is 1. The summed E-state index contributed by atoms with van der Waals surface area (Å²) in [6.07, 6.45) is 1.73. The van der Waals surface area contributed by atoms with Crippen LogP contribution in [0.3, 0.4) is 0 Å². The van der Waals surface area contributed by atoms with Gasteiger partial charge in [0.05, 0.1) is 30.1 Å². The summed E-state index contributed by atoms with van der Waals surface area (Å²) in [7, 11) is 0. The molecule has 2 amide bonds. The quantitative estimate of drug-likeness (QED) is 0.286. The van der Waals surface area contributed by atoms with Crippen LogP contribution in [0, 0.1) is 11.3 Å². The highest BCUT2D eigenvalue weighted by atomic mass is 16.5. The van der Waals surface area contributed by atoms with E-state index in [2.05, 4.69) is 0 Å². The number of fused-ring (bicyclic) bond motifs is 1. The molecular weight excluding hydrogens is 388 g/mol. The van der Waals surface area contributed by atoms with Gasteiger partial charge in [-0.3, -0.25) is 19.8 Å². The van der Waals surface area contributed by atoms with E-state index in [1.54, 1.807) is 23.1 Å². The smallest absolute Gasteiger partial charge is 0.305 e. The minimum Gasteiger partial charge on any atom is -0.494 e. The Hall–Kier alpha value is -3.10. The number of unbranched alkanes of at least 4 members (excludes halogenated alkanes) is 1. The minimum atomic E-state index is -1.03. The Balaban J connectivity index is 2.25. The lowest BCUT2D eigenvalue weighted by molar-refractivity contribution is -0.137. The summed E-state index contributed by atoms with van der Waals surface area (Å²) in [6.45, 7) is 4.65. The lowest BCUT2D eigenvalue weighted by atomic mass is 10.1. The molecule has 0 saturated heterocycles. The number of carbonyl (C=O) groups excluding carboxylic acids is 2. The van der Waals surface area contributed by atoms with E-state index in [9.17, 15) is 14.4 Å². The zero-order chi connectivity index (χ0) is 22.3. The van der Waals surface area contributed by atoms with Crippen molar-refractivity contribution < 1.29 is 24.2 Å². The molecule has 4 N–H and O–H groups in total. The largest absolute Gasteiger partial charge is 0.494 e. The van der Waals surface area contributed by atoms with Crippen molar-refractivity contribution in [3.63, 3.8) is 0 Å². The molecule has 0 spiro atoms. The van der Waals surface area contributed by atoms with Gasteiger partial charge in [-0.2, -0.15) is 0 Å². The van der Waals surface area contributed by atoms with Crippen LogP contribution in [-0.4, -0.2) is 59.9 Å². The predicted octanol–water partition coefficient (Wildman–Crippen LogP) is 2.09. The number of amides is 2. The fraction of sp³-hybridized carbons (Fsp3) is 0.524. The number of nitrogens with zero attached hydrogens (tertiary/aromatic N) is 2. The highest BCUT2D eigenvalue weighted by Crippen LogP contribution is 2.30. The number of hydrogen-bond acceptors (Lipinski definition) is 5. The average molecular weight is 418 g/mol. The molecule has 0 aromatic heterocycles. The number of hydrogen-bond donors (Lipinski definition) is 3. The molecular formula is C21H30N4O5. The maximum atomic E-state index is 13.1. The van der Waals surface area contributed by atoms with E-state index in [4.69, 9.17) is 21.0 Å². The van der Waals surface area contributed by atoms with E-state index in [1.165, 1.54) is 4.90 Å². The standard InChI is InChI=1S/C21H30N4O5/c1-14(2)12-25-17-7-6-15(30-10-4-3-5-18(22)23)11-16(17)21(29)24(13-19(25)26)9-8-20(27)28/h6-7,11,14H,3-5,8-10,12-13H2,1-2H3,(H3,22,23)(H,27,28). The molecule has 1 aliphatic heterocycles.